The Morgan fingerprint density at radius 1 is 1.31 bits per heavy atom. The molecule has 0 spiro atoms. The molecule has 0 aliphatic heterocycles. The Morgan fingerprint density at radius 2 is 2.25 bits per heavy atom. The van der Waals surface area contributed by atoms with E-state index < -0.39 is 0 Å². The minimum atomic E-state index is 0.225. The first-order valence-electron chi connectivity index (χ1n) is 4.98. The highest BCUT2D eigenvalue weighted by Gasteiger charge is 2.03. The molecule has 16 heavy (non-hydrogen) atoms. The fourth-order valence-electron chi connectivity index (χ4n) is 1.31. The minimum absolute atomic E-state index is 0.225. The first kappa shape index (κ1) is 11.2. The molecule has 0 aromatic carbocycles. The number of nitrogens with zero attached hydrogens (tertiary/aromatic N) is 3. The average molecular weight is 239 g/mol. The molecular weight excluding hydrogens is 226 g/mol. The molecule has 0 unspecified atom stereocenters. The van der Waals surface area contributed by atoms with Crippen LogP contribution in [0.5, 0.6) is 0 Å². The van der Waals surface area contributed by atoms with Crippen LogP contribution in [0.4, 0.5) is 5.82 Å². The van der Waals surface area contributed by atoms with Crippen LogP contribution in [0.1, 0.15) is 0 Å². The largest absolute Gasteiger partial charge is 0.396 e. The Morgan fingerprint density at radius 3 is 3.12 bits per heavy atom. The van der Waals surface area contributed by atoms with E-state index in [4.69, 9.17) is 5.11 Å². The van der Waals surface area contributed by atoms with Crippen molar-refractivity contribution >= 4 is 28.7 Å². The van der Waals surface area contributed by atoms with Crippen LogP contribution in [0.25, 0.3) is 11.2 Å². The number of hydrogen-bond donors (Lipinski definition) is 3. The monoisotopic (exact) mass is 239 g/mol. The lowest BCUT2D eigenvalue weighted by atomic mass is 10.5. The van der Waals surface area contributed by atoms with E-state index in [1.165, 1.54) is 6.33 Å². The van der Waals surface area contributed by atoms with Gasteiger partial charge >= 0.3 is 0 Å². The van der Waals surface area contributed by atoms with Gasteiger partial charge in [0.15, 0.2) is 11.5 Å². The molecule has 2 heterocycles. The van der Waals surface area contributed by atoms with Gasteiger partial charge in [0.25, 0.3) is 0 Å². The second kappa shape index (κ2) is 5.66. The van der Waals surface area contributed by atoms with Gasteiger partial charge in [0.1, 0.15) is 11.8 Å². The summed E-state index contributed by atoms with van der Waals surface area (Å²) in [4.78, 5) is 15.2. The van der Waals surface area contributed by atoms with E-state index in [9.17, 15) is 0 Å². The summed E-state index contributed by atoms with van der Waals surface area (Å²) in [5, 5.41) is 11.8. The third-order valence-corrected chi connectivity index (χ3v) is 2.96. The number of nitrogens with one attached hydrogen (secondary N) is 2. The Labute approximate surface area is 96.9 Å². The topological polar surface area (TPSA) is 86.7 Å². The van der Waals surface area contributed by atoms with Gasteiger partial charge < -0.3 is 15.4 Å². The van der Waals surface area contributed by atoms with Gasteiger partial charge in [-0.2, -0.15) is 11.8 Å². The Kier molecular flexibility index (Phi) is 3.95. The van der Waals surface area contributed by atoms with Crippen molar-refractivity contribution in [3.8, 4) is 0 Å². The number of imidazole rings is 1. The molecule has 0 atom stereocenters. The van der Waals surface area contributed by atoms with Crippen LogP contribution in [0, 0.1) is 0 Å². The van der Waals surface area contributed by atoms with Crippen LogP contribution in [0.15, 0.2) is 12.7 Å². The molecule has 6 nitrogen and oxygen atoms in total. The zero-order chi connectivity index (χ0) is 11.2. The van der Waals surface area contributed by atoms with Gasteiger partial charge in [-0.1, -0.05) is 0 Å². The molecular formula is C9H13N5OS. The van der Waals surface area contributed by atoms with Gasteiger partial charge in [-0.25, -0.2) is 15.0 Å². The number of rotatable bonds is 6. The Hall–Kier alpha value is -1.34. The summed E-state index contributed by atoms with van der Waals surface area (Å²) in [7, 11) is 0. The van der Waals surface area contributed by atoms with Crippen molar-refractivity contribution in [3.63, 3.8) is 0 Å². The summed E-state index contributed by atoms with van der Waals surface area (Å²) in [6.45, 7) is 1.03. The Balaban J connectivity index is 1.91. The van der Waals surface area contributed by atoms with E-state index in [1.807, 2.05) is 0 Å². The number of aromatic amines is 1. The first-order chi connectivity index (χ1) is 7.92. The number of thioether (sulfide) groups is 1. The normalized spacial score (nSPS) is 10.8. The van der Waals surface area contributed by atoms with Gasteiger partial charge in [0.2, 0.25) is 0 Å². The van der Waals surface area contributed by atoms with Gasteiger partial charge in [-0.15, -0.1) is 0 Å². The third kappa shape index (κ3) is 2.61. The van der Waals surface area contributed by atoms with E-state index in [1.54, 1.807) is 18.1 Å². The smallest absolute Gasteiger partial charge is 0.182 e. The van der Waals surface area contributed by atoms with E-state index in [-0.39, 0.29) is 6.61 Å². The maximum Gasteiger partial charge on any atom is 0.182 e. The SMILES string of the molecule is OCCSCCNc1ncnc2nc[nH]c12. The zero-order valence-corrected chi connectivity index (χ0v) is 9.50. The standard InChI is InChI=1S/C9H13N5OS/c15-2-4-16-3-1-10-8-7-9(12-5-11-7)14-6-13-8/h5-6,15H,1-4H2,(H2,10,11,12,13,14). The van der Waals surface area contributed by atoms with Gasteiger partial charge in [-0.05, 0) is 0 Å². The van der Waals surface area contributed by atoms with Crippen molar-refractivity contribution in [2.75, 3.05) is 30.0 Å². The first-order valence-corrected chi connectivity index (χ1v) is 6.14. The molecule has 0 bridgehead atoms. The molecule has 0 fully saturated rings. The quantitative estimate of drug-likeness (QED) is 0.636. The van der Waals surface area contributed by atoms with Crippen molar-refractivity contribution in [1.29, 1.82) is 0 Å². The summed E-state index contributed by atoms with van der Waals surface area (Å²) in [6, 6.07) is 0. The lowest BCUT2D eigenvalue weighted by Crippen LogP contribution is -2.07. The summed E-state index contributed by atoms with van der Waals surface area (Å²) in [6.07, 6.45) is 3.09. The lowest BCUT2D eigenvalue weighted by molar-refractivity contribution is 0.322. The Bertz CT molecular complexity index is 446. The molecule has 2 aromatic heterocycles. The van der Waals surface area contributed by atoms with E-state index in [2.05, 4.69) is 25.3 Å². The van der Waals surface area contributed by atoms with Gasteiger partial charge in [0, 0.05) is 18.1 Å². The van der Waals surface area contributed by atoms with Crippen LogP contribution in [-0.4, -0.2) is 49.7 Å². The summed E-state index contributed by atoms with van der Waals surface area (Å²) in [5.74, 6) is 2.47. The molecule has 7 heteroatoms. The van der Waals surface area contributed by atoms with Crippen molar-refractivity contribution in [3.05, 3.63) is 12.7 Å². The van der Waals surface area contributed by atoms with Crippen molar-refractivity contribution in [2.24, 2.45) is 0 Å². The number of H-pyrrole nitrogens is 1. The number of fused-ring (bicyclic) bond motifs is 1. The highest BCUT2D eigenvalue weighted by atomic mass is 32.2. The average Bonchev–Trinajstić information content (AvgIpc) is 2.77. The van der Waals surface area contributed by atoms with Crippen LogP contribution in [-0.2, 0) is 0 Å². The van der Waals surface area contributed by atoms with E-state index >= 15 is 0 Å². The van der Waals surface area contributed by atoms with Crippen LogP contribution < -0.4 is 5.32 Å². The summed E-state index contributed by atoms with van der Waals surface area (Å²) >= 11 is 1.70. The van der Waals surface area contributed by atoms with Crippen LogP contribution >= 0.6 is 11.8 Å². The zero-order valence-electron chi connectivity index (χ0n) is 8.68. The maximum atomic E-state index is 8.62. The third-order valence-electron chi connectivity index (χ3n) is 2.00. The van der Waals surface area contributed by atoms with E-state index in [0.29, 0.717) is 5.65 Å². The minimum Gasteiger partial charge on any atom is -0.396 e. The predicted molar refractivity (Wildman–Crippen MR) is 64.6 cm³/mol. The van der Waals surface area contributed by atoms with Gasteiger partial charge in [0.05, 0.1) is 12.9 Å². The second-order valence-electron chi connectivity index (χ2n) is 3.09. The number of hydrogen-bond acceptors (Lipinski definition) is 6. The lowest BCUT2D eigenvalue weighted by Gasteiger charge is -2.04. The molecule has 2 rings (SSSR count). The van der Waals surface area contributed by atoms with Crippen molar-refractivity contribution < 1.29 is 5.11 Å². The van der Waals surface area contributed by atoms with Crippen molar-refractivity contribution in [2.45, 2.75) is 0 Å². The predicted octanol–water partition coefficient (Wildman–Crippen LogP) is 0.490. The number of aliphatic hydroxyl groups is 1. The molecule has 0 saturated heterocycles. The van der Waals surface area contributed by atoms with E-state index in [0.717, 1.165) is 29.4 Å². The maximum absolute atomic E-state index is 8.62. The molecule has 0 saturated carbocycles. The molecule has 86 valence electrons. The summed E-state index contributed by atoms with van der Waals surface area (Å²) in [5.41, 5.74) is 1.50. The van der Waals surface area contributed by atoms with Gasteiger partial charge in [-0.3, -0.25) is 0 Å². The van der Waals surface area contributed by atoms with Crippen molar-refractivity contribution in [1.82, 2.24) is 19.9 Å². The fourth-order valence-corrected chi connectivity index (χ4v) is 1.89. The molecule has 3 N–H and O–H groups in total. The number of anilines is 1. The summed E-state index contributed by atoms with van der Waals surface area (Å²) < 4.78 is 0. The van der Waals surface area contributed by atoms with Crippen LogP contribution in [0.2, 0.25) is 0 Å². The molecule has 0 aliphatic rings. The highest BCUT2D eigenvalue weighted by Crippen LogP contribution is 2.14. The molecule has 2 aromatic rings. The molecule has 0 amide bonds. The number of aliphatic hydroxyl groups excluding tert-OH is 1. The fraction of sp³-hybridized carbons (Fsp3) is 0.444. The number of aromatic nitrogens is 4. The molecule has 0 radical (unpaired) electrons. The second-order valence-corrected chi connectivity index (χ2v) is 4.31. The molecule has 0 aliphatic carbocycles. The highest BCUT2D eigenvalue weighted by molar-refractivity contribution is 7.99. The van der Waals surface area contributed by atoms with Crippen LogP contribution in [0.3, 0.4) is 0 Å².